The van der Waals surface area contributed by atoms with Crippen LogP contribution in [0.1, 0.15) is 20.3 Å². The zero-order valence-corrected chi connectivity index (χ0v) is 8.99. The maximum absolute atomic E-state index is 11.7. The smallest absolute Gasteiger partial charge is 0.224 e. The first kappa shape index (κ1) is 9.75. The number of hydrogen-bond acceptors (Lipinski definition) is 1. The minimum atomic E-state index is 0.207. The summed E-state index contributed by atoms with van der Waals surface area (Å²) in [5.74, 6) is 2.70. The van der Waals surface area contributed by atoms with Gasteiger partial charge in [0.25, 0.3) is 0 Å². The Balaban J connectivity index is 2.25. The molecule has 2 nitrogen and oxygen atoms in total. The van der Waals surface area contributed by atoms with Crippen molar-refractivity contribution in [3.63, 3.8) is 0 Å². The average Bonchev–Trinajstić information content (AvgIpc) is 2.50. The van der Waals surface area contributed by atoms with Gasteiger partial charge < -0.3 is 5.32 Å². The van der Waals surface area contributed by atoms with E-state index < -0.39 is 0 Å². The molecule has 0 aromatic rings. The Bertz CT molecular complexity index is 261. The van der Waals surface area contributed by atoms with Crippen LogP contribution in [0.25, 0.3) is 0 Å². The summed E-state index contributed by atoms with van der Waals surface area (Å²) in [4.78, 5) is 11.7. The summed E-state index contributed by atoms with van der Waals surface area (Å²) in [6.45, 7) is 9.30. The zero-order chi connectivity index (χ0) is 10.3. The van der Waals surface area contributed by atoms with E-state index in [-0.39, 0.29) is 11.8 Å². The number of amides is 1. The number of fused-ring (bicyclic) bond motifs is 1. The Morgan fingerprint density at radius 3 is 2.86 bits per heavy atom. The summed E-state index contributed by atoms with van der Waals surface area (Å²) in [6, 6.07) is 0. The van der Waals surface area contributed by atoms with Crippen LogP contribution < -0.4 is 5.32 Å². The van der Waals surface area contributed by atoms with Crippen LogP contribution in [0.15, 0.2) is 12.7 Å². The van der Waals surface area contributed by atoms with Gasteiger partial charge in [0.15, 0.2) is 0 Å². The maximum Gasteiger partial charge on any atom is 0.224 e. The van der Waals surface area contributed by atoms with Gasteiger partial charge in [-0.15, -0.1) is 6.58 Å². The molecular weight excluding hydrogens is 174 g/mol. The van der Waals surface area contributed by atoms with Gasteiger partial charge in [0.1, 0.15) is 0 Å². The molecule has 0 unspecified atom stereocenters. The summed E-state index contributed by atoms with van der Waals surface area (Å²) in [6.07, 6.45) is 3.18. The molecule has 0 aromatic carbocycles. The van der Waals surface area contributed by atoms with Crippen molar-refractivity contribution in [3.8, 4) is 0 Å². The lowest BCUT2D eigenvalue weighted by Crippen LogP contribution is -2.38. The van der Waals surface area contributed by atoms with E-state index in [1.807, 2.05) is 6.08 Å². The van der Waals surface area contributed by atoms with E-state index in [1.165, 1.54) is 6.42 Å². The molecule has 1 heterocycles. The van der Waals surface area contributed by atoms with Crippen LogP contribution in [0.3, 0.4) is 0 Å². The lowest BCUT2D eigenvalue weighted by Gasteiger charge is -2.39. The molecule has 1 amide bonds. The molecule has 2 heteroatoms. The highest BCUT2D eigenvalue weighted by Crippen LogP contribution is 2.44. The van der Waals surface area contributed by atoms with E-state index in [0.29, 0.717) is 23.7 Å². The van der Waals surface area contributed by atoms with Crippen LogP contribution in [0.5, 0.6) is 0 Å². The number of carbonyl (C=O) groups is 1. The van der Waals surface area contributed by atoms with Crippen molar-refractivity contribution in [1.29, 1.82) is 0 Å². The molecule has 2 rings (SSSR count). The molecule has 2 aliphatic rings. The molecule has 1 saturated carbocycles. The fraction of sp³-hybridized carbons (Fsp3) is 0.750. The molecule has 5 atom stereocenters. The van der Waals surface area contributed by atoms with Crippen molar-refractivity contribution >= 4 is 5.91 Å². The van der Waals surface area contributed by atoms with Crippen LogP contribution in [-0.4, -0.2) is 12.5 Å². The molecule has 1 aliphatic heterocycles. The Morgan fingerprint density at radius 1 is 1.50 bits per heavy atom. The monoisotopic (exact) mass is 193 g/mol. The van der Waals surface area contributed by atoms with Gasteiger partial charge in [0.05, 0.1) is 0 Å². The number of nitrogens with one attached hydrogen (secondary N) is 1. The lowest BCUT2D eigenvalue weighted by atomic mass is 9.64. The first-order valence-corrected chi connectivity index (χ1v) is 5.55. The van der Waals surface area contributed by atoms with Crippen molar-refractivity contribution in [2.75, 3.05) is 6.54 Å². The van der Waals surface area contributed by atoms with Gasteiger partial charge in [-0.2, -0.15) is 0 Å². The first-order valence-electron chi connectivity index (χ1n) is 5.55. The predicted octanol–water partition coefficient (Wildman–Crippen LogP) is 1.83. The van der Waals surface area contributed by atoms with Crippen LogP contribution in [0.2, 0.25) is 0 Å². The Morgan fingerprint density at radius 2 is 2.21 bits per heavy atom. The van der Waals surface area contributed by atoms with Crippen molar-refractivity contribution in [1.82, 2.24) is 5.32 Å². The molecule has 0 bridgehead atoms. The molecule has 1 saturated heterocycles. The fourth-order valence-corrected chi connectivity index (χ4v) is 3.17. The SMILES string of the molecule is C=C[C@H]1[C@H](C)[C@@H](C)C[C@@H]2CNC(=O)[C@@H]21. The fourth-order valence-electron chi connectivity index (χ4n) is 3.17. The number of rotatable bonds is 1. The van der Waals surface area contributed by atoms with Crippen LogP contribution in [-0.2, 0) is 4.79 Å². The highest BCUT2D eigenvalue weighted by atomic mass is 16.2. The molecular formula is C12H19NO. The zero-order valence-electron chi connectivity index (χ0n) is 8.99. The second-order valence-corrected chi connectivity index (χ2v) is 4.92. The van der Waals surface area contributed by atoms with Gasteiger partial charge in [0.2, 0.25) is 5.91 Å². The van der Waals surface area contributed by atoms with E-state index in [2.05, 4.69) is 25.7 Å². The van der Waals surface area contributed by atoms with E-state index in [0.717, 1.165) is 6.54 Å². The number of hydrogen-bond donors (Lipinski definition) is 1. The standard InChI is InChI=1S/C12H19NO/c1-4-10-8(3)7(2)5-9-6-13-12(14)11(9)10/h4,7-11H,1,5-6H2,2-3H3,(H,13,14)/t7-,8+,9+,10-,11-/m0/s1. The topological polar surface area (TPSA) is 29.1 Å². The lowest BCUT2D eigenvalue weighted by molar-refractivity contribution is -0.125. The van der Waals surface area contributed by atoms with Crippen LogP contribution in [0, 0.1) is 29.6 Å². The third-order valence-electron chi connectivity index (χ3n) is 4.22. The van der Waals surface area contributed by atoms with Crippen LogP contribution >= 0.6 is 0 Å². The molecule has 14 heavy (non-hydrogen) atoms. The summed E-state index contributed by atoms with van der Waals surface area (Å²) >= 11 is 0. The Labute approximate surface area is 85.8 Å². The molecule has 0 spiro atoms. The quantitative estimate of drug-likeness (QED) is 0.632. The summed E-state index contributed by atoms with van der Waals surface area (Å²) in [5.41, 5.74) is 0. The van der Waals surface area contributed by atoms with Crippen molar-refractivity contribution in [2.45, 2.75) is 20.3 Å². The molecule has 0 aromatic heterocycles. The molecule has 1 N–H and O–H groups in total. The molecule has 2 fully saturated rings. The highest BCUT2D eigenvalue weighted by Gasteiger charge is 2.46. The normalized spacial score (nSPS) is 47.0. The summed E-state index contributed by atoms with van der Waals surface area (Å²) in [7, 11) is 0. The minimum absolute atomic E-state index is 0.207. The van der Waals surface area contributed by atoms with Crippen molar-refractivity contribution < 1.29 is 4.79 Å². The van der Waals surface area contributed by atoms with Gasteiger partial charge in [-0.05, 0) is 30.1 Å². The van der Waals surface area contributed by atoms with Gasteiger partial charge >= 0.3 is 0 Å². The van der Waals surface area contributed by atoms with Gasteiger partial charge in [-0.3, -0.25) is 4.79 Å². The Hall–Kier alpha value is -0.790. The number of carbonyl (C=O) groups excluding carboxylic acids is 1. The largest absolute Gasteiger partial charge is 0.356 e. The maximum atomic E-state index is 11.7. The number of allylic oxidation sites excluding steroid dienone is 1. The van der Waals surface area contributed by atoms with E-state index in [1.54, 1.807) is 0 Å². The molecule has 78 valence electrons. The highest BCUT2D eigenvalue weighted by molar-refractivity contribution is 5.82. The predicted molar refractivity (Wildman–Crippen MR) is 56.6 cm³/mol. The Kier molecular flexibility index (Phi) is 2.38. The van der Waals surface area contributed by atoms with Gasteiger partial charge in [-0.25, -0.2) is 0 Å². The second kappa shape index (κ2) is 3.41. The minimum Gasteiger partial charge on any atom is -0.356 e. The summed E-state index contributed by atoms with van der Waals surface area (Å²) in [5, 5.41) is 2.98. The van der Waals surface area contributed by atoms with E-state index in [9.17, 15) is 4.79 Å². The third kappa shape index (κ3) is 1.28. The molecule has 0 radical (unpaired) electrons. The van der Waals surface area contributed by atoms with Crippen molar-refractivity contribution in [2.24, 2.45) is 29.6 Å². The molecule has 1 aliphatic carbocycles. The average molecular weight is 193 g/mol. The summed E-state index contributed by atoms with van der Waals surface area (Å²) < 4.78 is 0. The van der Waals surface area contributed by atoms with Crippen LogP contribution in [0.4, 0.5) is 0 Å². The van der Waals surface area contributed by atoms with E-state index >= 15 is 0 Å². The first-order chi connectivity index (χ1) is 6.65. The van der Waals surface area contributed by atoms with Crippen molar-refractivity contribution in [3.05, 3.63) is 12.7 Å². The van der Waals surface area contributed by atoms with Gasteiger partial charge in [0, 0.05) is 12.5 Å². The van der Waals surface area contributed by atoms with Gasteiger partial charge in [-0.1, -0.05) is 19.9 Å². The van der Waals surface area contributed by atoms with E-state index in [4.69, 9.17) is 0 Å². The third-order valence-corrected chi connectivity index (χ3v) is 4.22. The second-order valence-electron chi connectivity index (χ2n) is 4.92.